The molecule has 8 nitrogen and oxygen atoms in total. The van der Waals surface area contributed by atoms with Crippen molar-refractivity contribution in [2.75, 3.05) is 13.2 Å². The van der Waals surface area contributed by atoms with E-state index >= 15 is 0 Å². The van der Waals surface area contributed by atoms with Crippen LogP contribution < -0.4 is 5.56 Å². The minimum atomic E-state index is -4.47. The van der Waals surface area contributed by atoms with Crippen molar-refractivity contribution in [3.63, 3.8) is 0 Å². The highest BCUT2D eigenvalue weighted by Gasteiger charge is 2.48. The van der Waals surface area contributed by atoms with Gasteiger partial charge in [-0.3, -0.25) is 9.59 Å². The lowest BCUT2D eigenvalue weighted by Crippen LogP contribution is -2.49. The van der Waals surface area contributed by atoms with Gasteiger partial charge in [-0.15, -0.1) is 0 Å². The maximum absolute atomic E-state index is 12.3. The zero-order chi connectivity index (χ0) is 23.1. The van der Waals surface area contributed by atoms with Crippen molar-refractivity contribution < 1.29 is 36.6 Å². The third-order valence-corrected chi connectivity index (χ3v) is 5.39. The highest BCUT2D eigenvalue weighted by molar-refractivity contribution is 5.95. The molecular formula is C21H23F3N2O6. The number of hydrogen-bond donors (Lipinski definition) is 1. The SMILES string of the molecule is CC1(C)OC2CCOC(CN3Cc4ccoc4C3=O)C2O1.O=c1cccc(C(F)(F)F)[nH]1. The molecule has 5 heterocycles. The number of H-pyrrole nitrogens is 1. The molecule has 0 bridgehead atoms. The number of fused-ring (bicyclic) bond motifs is 2. The third kappa shape index (κ3) is 4.74. The molecule has 11 heteroatoms. The number of ether oxygens (including phenoxy) is 3. The van der Waals surface area contributed by atoms with Crippen molar-refractivity contribution in [1.82, 2.24) is 9.88 Å². The minimum absolute atomic E-state index is 0.0485. The summed E-state index contributed by atoms with van der Waals surface area (Å²) >= 11 is 0. The Balaban J connectivity index is 0.000000189. The molecule has 0 aliphatic carbocycles. The van der Waals surface area contributed by atoms with Crippen molar-refractivity contribution in [1.29, 1.82) is 0 Å². The van der Waals surface area contributed by atoms with Gasteiger partial charge in [0.25, 0.3) is 5.91 Å². The van der Waals surface area contributed by atoms with Crippen LogP contribution >= 0.6 is 0 Å². The Labute approximate surface area is 181 Å². The number of rotatable bonds is 2. The second kappa shape index (κ2) is 8.38. The Morgan fingerprint density at radius 2 is 1.97 bits per heavy atom. The van der Waals surface area contributed by atoms with Crippen LogP contribution in [0.3, 0.4) is 0 Å². The molecule has 2 saturated heterocycles. The number of hydrogen-bond acceptors (Lipinski definition) is 6. The van der Waals surface area contributed by atoms with Crippen LogP contribution in [-0.2, 0) is 26.9 Å². The molecule has 3 aliphatic rings. The lowest BCUT2D eigenvalue weighted by atomic mass is 10.0. The number of aromatic amines is 1. The molecule has 2 aromatic heterocycles. The summed E-state index contributed by atoms with van der Waals surface area (Å²) in [4.78, 5) is 26.1. The van der Waals surface area contributed by atoms with Crippen LogP contribution in [0.25, 0.3) is 0 Å². The van der Waals surface area contributed by atoms with E-state index in [1.165, 1.54) is 0 Å². The van der Waals surface area contributed by atoms with Gasteiger partial charge in [0, 0.05) is 18.2 Å². The molecule has 3 atom stereocenters. The number of furan rings is 1. The summed E-state index contributed by atoms with van der Waals surface area (Å²) in [6.07, 6.45) is -2.30. The van der Waals surface area contributed by atoms with Crippen molar-refractivity contribution in [2.45, 2.75) is 57.1 Å². The van der Waals surface area contributed by atoms with Crippen LogP contribution in [0.1, 0.15) is 42.1 Å². The Hall–Kier alpha value is -2.63. The molecule has 174 valence electrons. The van der Waals surface area contributed by atoms with Gasteiger partial charge in [-0.2, -0.15) is 13.2 Å². The lowest BCUT2D eigenvalue weighted by molar-refractivity contribution is -0.154. The van der Waals surface area contributed by atoms with Crippen LogP contribution in [0.4, 0.5) is 13.2 Å². The highest BCUT2D eigenvalue weighted by atomic mass is 19.4. The number of alkyl halides is 3. The van der Waals surface area contributed by atoms with Crippen molar-refractivity contribution in [3.05, 3.63) is 57.9 Å². The molecule has 0 radical (unpaired) electrons. The first-order valence-electron chi connectivity index (χ1n) is 10.1. The summed E-state index contributed by atoms with van der Waals surface area (Å²) in [7, 11) is 0. The number of nitrogens with zero attached hydrogens (tertiary/aromatic N) is 1. The summed E-state index contributed by atoms with van der Waals surface area (Å²) in [5, 5.41) is 0. The molecule has 0 saturated carbocycles. The average molecular weight is 456 g/mol. The van der Waals surface area contributed by atoms with E-state index in [9.17, 15) is 22.8 Å². The van der Waals surface area contributed by atoms with Crippen LogP contribution in [0.15, 0.2) is 39.7 Å². The molecule has 5 rings (SSSR count). The van der Waals surface area contributed by atoms with E-state index in [1.807, 2.05) is 19.9 Å². The van der Waals surface area contributed by atoms with Gasteiger partial charge >= 0.3 is 6.18 Å². The van der Waals surface area contributed by atoms with E-state index in [4.69, 9.17) is 18.6 Å². The lowest BCUT2D eigenvalue weighted by Gasteiger charge is -2.33. The number of nitrogens with one attached hydrogen (secondary N) is 1. The summed E-state index contributed by atoms with van der Waals surface area (Å²) in [6, 6.07) is 4.73. The van der Waals surface area contributed by atoms with Crippen molar-refractivity contribution >= 4 is 5.91 Å². The van der Waals surface area contributed by atoms with Gasteiger partial charge in [0.2, 0.25) is 5.56 Å². The fourth-order valence-corrected chi connectivity index (χ4v) is 4.04. The van der Waals surface area contributed by atoms with Gasteiger partial charge in [-0.1, -0.05) is 6.07 Å². The quantitative estimate of drug-likeness (QED) is 0.747. The van der Waals surface area contributed by atoms with Gasteiger partial charge in [0.15, 0.2) is 11.5 Å². The number of halogens is 3. The van der Waals surface area contributed by atoms with E-state index in [-0.39, 0.29) is 24.2 Å². The molecule has 2 aromatic rings. The molecule has 1 N–H and O–H groups in total. The third-order valence-electron chi connectivity index (χ3n) is 5.39. The zero-order valence-corrected chi connectivity index (χ0v) is 17.5. The number of pyridine rings is 1. The molecular weight excluding hydrogens is 433 g/mol. The van der Waals surface area contributed by atoms with Gasteiger partial charge in [0.1, 0.15) is 17.9 Å². The fraction of sp³-hybridized carbons (Fsp3) is 0.524. The van der Waals surface area contributed by atoms with E-state index in [2.05, 4.69) is 0 Å². The van der Waals surface area contributed by atoms with E-state index in [0.717, 1.165) is 30.2 Å². The van der Waals surface area contributed by atoms with Crippen LogP contribution in [0.2, 0.25) is 0 Å². The fourth-order valence-electron chi connectivity index (χ4n) is 4.04. The molecule has 3 aliphatic heterocycles. The molecule has 2 fully saturated rings. The van der Waals surface area contributed by atoms with Gasteiger partial charge in [-0.05, 0) is 32.4 Å². The average Bonchev–Trinajstić information content (AvgIpc) is 3.36. The van der Waals surface area contributed by atoms with E-state index in [0.29, 0.717) is 25.5 Å². The molecule has 1 amide bonds. The van der Waals surface area contributed by atoms with Gasteiger partial charge in [0.05, 0.1) is 25.5 Å². The van der Waals surface area contributed by atoms with Crippen molar-refractivity contribution in [3.8, 4) is 0 Å². The highest BCUT2D eigenvalue weighted by Crippen LogP contribution is 2.36. The summed E-state index contributed by atoms with van der Waals surface area (Å²) in [5.74, 6) is -0.201. The Morgan fingerprint density at radius 1 is 1.19 bits per heavy atom. The van der Waals surface area contributed by atoms with Crippen LogP contribution in [0.5, 0.6) is 0 Å². The Morgan fingerprint density at radius 3 is 2.62 bits per heavy atom. The largest absolute Gasteiger partial charge is 0.459 e. The second-order valence-corrected chi connectivity index (χ2v) is 8.22. The molecule has 32 heavy (non-hydrogen) atoms. The number of amides is 1. The number of aromatic nitrogens is 1. The van der Waals surface area contributed by atoms with Crippen LogP contribution in [-0.4, -0.2) is 53.0 Å². The maximum Gasteiger partial charge on any atom is 0.431 e. The number of carbonyl (C=O) groups is 1. The first-order valence-corrected chi connectivity index (χ1v) is 10.1. The monoisotopic (exact) mass is 456 g/mol. The predicted molar refractivity (Wildman–Crippen MR) is 104 cm³/mol. The number of carbonyl (C=O) groups excluding carboxylic acids is 1. The topological polar surface area (TPSA) is 94.0 Å². The molecule has 0 aromatic carbocycles. The maximum atomic E-state index is 12.3. The first kappa shape index (κ1) is 22.6. The summed E-state index contributed by atoms with van der Waals surface area (Å²) in [5.41, 5.74) is -0.832. The smallest absolute Gasteiger partial charge is 0.431 e. The summed E-state index contributed by atoms with van der Waals surface area (Å²) in [6.45, 7) is 5.54. The van der Waals surface area contributed by atoms with E-state index < -0.39 is 23.2 Å². The van der Waals surface area contributed by atoms with Crippen LogP contribution in [0, 0.1) is 0 Å². The minimum Gasteiger partial charge on any atom is -0.459 e. The van der Waals surface area contributed by atoms with Gasteiger partial charge < -0.3 is 28.5 Å². The Kier molecular flexibility index (Phi) is 5.91. The first-order chi connectivity index (χ1) is 15.0. The molecule has 3 unspecified atom stereocenters. The second-order valence-electron chi connectivity index (χ2n) is 8.22. The zero-order valence-electron chi connectivity index (χ0n) is 17.5. The summed E-state index contributed by atoms with van der Waals surface area (Å²) < 4.78 is 58.3. The van der Waals surface area contributed by atoms with Crippen molar-refractivity contribution in [2.24, 2.45) is 0 Å². The standard InChI is InChI=1S/C15H19NO5.C6H4F3NO/c1-15(2)20-10-4-6-18-11(13(10)21-15)8-16-7-9-3-5-19-12(9)14(16)17;7-6(8,9)4-2-1-3-5(11)10-4/h3,5,10-11,13H,4,6-8H2,1-2H3;1-3H,(H,10,11). The van der Waals surface area contributed by atoms with Gasteiger partial charge in [-0.25, -0.2) is 0 Å². The Bertz CT molecular complexity index is 1030. The van der Waals surface area contributed by atoms with E-state index in [1.54, 1.807) is 16.1 Å². The normalized spacial score (nSPS) is 26.3. The predicted octanol–water partition coefficient (Wildman–Crippen LogP) is 2.94. The molecule has 0 spiro atoms.